The molecule has 0 amide bonds. The zero-order chi connectivity index (χ0) is 27.0. The normalized spacial score (nSPS) is 30.1. The van der Waals surface area contributed by atoms with Crippen molar-refractivity contribution < 1.29 is 27.8 Å². The lowest BCUT2D eigenvalue weighted by Crippen LogP contribution is -2.51. The Bertz CT molecular complexity index is 1080. The van der Waals surface area contributed by atoms with Crippen LogP contribution in [0.3, 0.4) is 0 Å². The Morgan fingerprint density at radius 3 is 2.45 bits per heavy atom. The molecule has 0 aromatic carbocycles. The molecule has 1 spiro atoms. The van der Waals surface area contributed by atoms with Crippen molar-refractivity contribution in [1.82, 2.24) is 25.5 Å². The number of hydrogen-bond donors (Lipinski definition) is 2. The highest BCUT2D eigenvalue weighted by Crippen LogP contribution is 2.72. The summed E-state index contributed by atoms with van der Waals surface area (Å²) >= 11 is 0. The first kappa shape index (κ1) is 27.0. The third kappa shape index (κ3) is 5.43. The van der Waals surface area contributed by atoms with E-state index in [9.17, 15) is 13.2 Å². The zero-order valence-electron chi connectivity index (χ0n) is 21.3. The van der Waals surface area contributed by atoms with Crippen molar-refractivity contribution in [3.63, 3.8) is 0 Å². The molecule has 1 aromatic rings. The minimum atomic E-state index is -5.08. The Labute approximate surface area is 219 Å². The molecule has 5 aliphatic rings. The topological polar surface area (TPSA) is 127 Å². The second-order valence-corrected chi connectivity index (χ2v) is 11.5. The van der Waals surface area contributed by atoms with Crippen LogP contribution >= 0.6 is 0 Å². The minimum Gasteiger partial charge on any atom is -0.475 e. The fourth-order valence-corrected chi connectivity index (χ4v) is 6.88. The van der Waals surface area contributed by atoms with Gasteiger partial charge in [0.1, 0.15) is 0 Å². The molecule has 2 aliphatic heterocycles. The Morgan fingerprint density at radius 2 is 1.89 bits per heavy atom. The molecule has 3 unspecified atom stereocenters. The maximum absolute atomic E-state index is 10.6. The van der Waals surface area contributed by atoms with Crippen molar-refractivity contribution >= 4 is 5.97 Å². The van der Waals surface area contributed by atoms with Gasteiger partial charge in [-0.25, -0.2) is 9.48 Å². The number of fused-ring (bicyclic) bond motifs is 3. The first-order chi connectivity index (χ1) is 18.1. The van der Waals surface area contributed by atoms with E-state index in [0.29, 0.717) is 17.3 Å². The first-order valence-electron chi connectivity index (χ1n) is 13.4. The van der Waals surface area contributed by atoms with Gasteiger partial charge < -0.3 is 15.2 Å². The molecule has 38 heavy (non-hydrogen) atoms. The molecule has 3 saturated carbocycles. The third-order valence-electron chi connectivity index (χ3n) is 9.21. The van der Waals surface area contributed by atoms with Crippen LogP contribution in [0, 0.1) is 35.5 Å². The summed E-state index contributed by atoms with van der Waals surface area (Å²) in [6.45, 7) is 3.48. The molecular weight excluding hydrogens is 503 g/mol. The van der Waals surface area contributed by atoms with Crippen molar-refractivity contribution in [3.8, 4) is 12.3 Å². The number of hydrogen-bond acceptors (Lipinski definition) is 8. The summed E-state index contributed by atoms with van der Waals surface area (Å²) in [6, 6.07) is 0. The van der Waals surface area contributed by atoms with Crippen molar-refractivity contribution in [1.29, 1.82) is 0 Å². The quantitative estimate of drug-likeness (QED) is 0.460. The molecule has 3 heterocycles. The Balaban J connectivity index is 0.000000374. The average Bonchev–Trinajstić information content (AvgIpc) is 3.69. The summed E-state index contributed by atoms with van der Waals surface area (Å²) < 4.78 is 39.4. The van der Waals surface area contributed by atoms with Crippen LogP contribution in [0.5, 0.6) is 0 Å². The number of halogens is 3. The lowest BCUT2D eigenvalue weighted by Gasteiger charge is -2.40. The molecule has 3 aliphatic carbocycles. The molecular formula is C25H34F3N7O3. The Morgan fingerprint density at radius 1 is 1.18 bits per heavy atom. The number of terminal acetylenes is 1. The van der Waals surface area contributed by atoms with Gasteiger partial charge in [-0.1, -0.05) is 0 Å². The number of ether oxygens (including phenoxy) is 1. The van der Waals surface area contributed by atoms with E-state index < -0.39 is 12.1 Å². The smallest absolute Gasteiger partial charge is 0.475 e. The molecule has 2 N–H and O–H groups in total. The number of aliphatic carboxylic acids is 1. The van der Waals surface area contributed by atoms with Crippen LogP contribution in [-0.2, 0) is 21.6 Å². The Kier molecular flexibility index (Phi) is 7.24. The van der Waals surface area contributed by atoms with Gasteiger partial charge in [0.25, 0.3) is 0 Å². The van der Waals surface area contributed by atoms with E-state index in [4.69, 9.17) is 21.1 Å². The lowest BCUT2D eigenvalue weighted by molar-refractivity contribution is -0.192. The number of nitrogens with zero attached hydrogens (tertiary/aromatic N) is 6. The van der Waals surface area contributed by atoms with Crippen LogP contribution in [0.25, 0.3) is 0 Å². The predicted octanol–water partition coefficient (Wildman–Crippen LogP) is 3.69. The van der Waals surface area contributed by atoms with Crippen molar-refractivity contribution in [2.45, 2.75) is 88.1 Å². The molecule has 1 saturated heterocycles. The van der Waals surface area contributed by atoms with Gasteiger partial charge in [0, 0.05) is 45.6 Å². The van der Waals surface area contributed by atoms with E-state index >= 15 is 0 Å². The van der Waals surface area contributed by atoms with E-state index in [2.05, 4.69) is 41.7 Å². The summed E-state index contributed by atoms with van der Waals surface area (Å²) in [5.74, 6) is 3.06. The first-order valence-corrected chi connectivity index (χ1v) is 13.4. The third-order valence-corrected chi connectivity index (χ3v) is 9.21. The molecule has 3 atom stereocenters. The van der Waals surface area contributed by atoms with Crippen LogP contribution < -0.4 is 5.32 Å². The number of aromatic nitrogens is 4. The van der Waals surface area contributed by atoms with Gasteiger partial charge in [0.15, 0.2) is 11.5 Å². The number of carboxylic acids is 1. The summed E-state index contributed by atoms with van der Waals surface area (Å²) in [6.07, 6.45) is 11.7. The van der Waals surface area contributed by atoms with Gasteiger partial charge in [0.05, 0.1) is 5.54 Å². The van der Waals surface area contributed by atoms with Gasteiger partial charge >= 0.3 is 12.1 Å². The minimum absolute atomic E-state index is 0.116. The van der Waals surface area contributed by atoms with E-state index in [-0.39, 0.29) is 11.2 Å². The van der Waals surface area contributed by atoms with E-state index in [1.54, 1.807) is 0 Å². The second kappa shape index (κ2) is 10.2. The summed E-state index contributed by atoms with van der Waals surface area (Å²) in [5.41, 5.74) is 0.281. The predicted molar refractivity (Wildman–Crippen MR) is 128 cm³/mol. The van der Waals surface area contributed by atoms with Crippen molar-refractivity contribution in [2.75, 3.05) is 19.8 Å². The maximum Gasteiger partial charge on any atom is 0.490 e. The maximum atomic E-state index is 10.6. The SMILES string of the molecule is C#CCCC1(CCNC2(c3nnnn3CC3CCOCC3)CC3CC2CC32CC2)N=N1.O=C(O)C(F)(F)F. The van der Waals surface area contributed by atoms with Crippen LogP contribution in [-0.4, -0.2) is 62.9 Å². The fraction of sp³-hybridized carbons (Fsp3) is 0.840. The molecule has 208 valence electrons. The van der Waals surface area contributed by atoms with Crippen LogP contribution in [0.1, 0.15) is 70.0 Å². The summed E-state index contributed by atoms with van der Waals surface area (Å²) in [5, 5.41) is 33.0. The average molecular weight is 538 g/mol. The summed E-state index contributed by atoms with van der Waals surface area (Å²) in [7, 11) is 0. The van der Waals surface area contributed by atoms with Crippen LogP contribution in [0.15, 0.2) is 10.2 Å². The highest BCUT2D eigenvalue weighted by Gasteiger charge is 2.67. The van der Waals surface area contributed by atoms with Gasteiger partial charge in [-0.05, 0) is 78.5 Å². The molecule has 10 nitrogen and oxygen atoms in total. The Hall–Kier alpha value is -2.59. The number of rotatable bonds is 9. The molecule has 0 radical (unpaired) electrons. The second-order valence-electron chi connectivity index (χ2n) is 11.5. The zero-order valence-corrected chi connectivity index (χ0v) is 21.3. The highest BCUT2D eigenvalue weighted by atomic mass is 19.4. The van der Waals surface area contributed by atoms with E-state index in [0.717, 1.165) is 76.6 Å². The van der Waals surface area contributed by atoms with E-state index in [1.165, 1.54) is 25.7 Å². The number of nitrogens with one attached hydrogen (secondary N) is 1. The number of alkyl halides is 3. The van der Waals surface area contributed by atoms with Gasteiger partial charge in [-0.2, -0.15) is 23.4 Å². The van der Waals surface area contributed by atoms with Crippen molar-refractivity contribution in [3.05, 3.63) is 5.82 Å². The van der Waals surface area contributed by atoms with Crippen LogP contribution in [0.2, 0.25) is 0 Å². The summed E-state index contributed by atoms with van der Waals surface area (Å²) in [4.78, 5) is 8.90. The molecule has 4 fully saturated rings. The monoisotopic (exact) mass is 537 g/mol. The lowest BCUT2D eigenvalue weighted by atomic mass is 9.73. The highest BCUT2D eigenvalue weighted by molar-refractivity contribution is 5.73. The molecule has 13 heteroatoms. The van der Waals surface area contributed by atoms with Gasteiger partial charge in [-0.15, -0.1) is 17.4 Å². The standard InChI is InChI=1S/C23H33N7O.C2HF3O2/c1-2-3-6-22(26-27-22)9-10-24-23(15-18-13-19(23)14-21(18)7-8-21)20-25-28-29-30(20)16-17-4-11-31-12-5-17;3-2(4,5)1(6)7/h1,17-19,24H,3-16H2;(H,6,7). The molecule has 1 aromatic heterocycles. The van der Waals surface area contributed by atoms with Crippen LogP contribution in [0.4, 0.5) is 13.2 Å². The van der Waals surface area contributed by atoms with Gasteiger partial charge in [-0.3, -0.25) is 0 Å². The number of carboxylic acid groups (broad SMARTS) is 1. The molecule has 2 bridgehead atoms. The fourth-order valence-electron chi connectivity index (χ4n) is 6.88. The molecule has 6 rings (SSSR count). The van der Waals surface area contributed by atoms with E-state index in [1.807, 2.05) is 0 Å². The largest absolute Gasteiger partial charge is 0.490 e. The van der Waals surface area contributed by atoms with Crippen molar-refractivity contribution in [2.24, 2.45) is 33.4 Å². The number of carbonyl (C=O) groups is 1. The number of tetrazole rings is 1. The van der Waals surface area contributed by atoms with Gasteiger partial charge in [0.2, 0.25) is 0 Å².